The van der Waals surface area contributed by atoms with E-state index < -0.39 is 11.9 Å². The molecule has 2 rings (SSSR count). The summed E-state index contributed by atoms with van der Waals surface area (Å²) in [6, 6.07) is 16.6. The van der Waals surface area contributed by atoms with Crippen LogP contribution in [0.2, 0.25) is 0 Å². The molecule has 1 unspecified atom stereocenters. The van der Waals surface area contributed by atoms with Crippen molar-refractivity contribution in [3.63, 3.8) is 0 Å². The molecule has 2 aromatic carbocycles. The van der Waals surface area contributed by atoms with Crippen molar-refractivity contribution in [2.75, 3.05) is 0 Å². The van der Waals surface area contributed by atoms with Gasteiger partial charge in [-0.2, -0.15) is 0 Å². The number of nitrogens with two attached hydrogens (primary N) is 1. The smallest absolute Gasteiger partial charge is 0.246 e. The Morgan fingerprint density at radius 2 is 1.74 bits per heavy atom. The van der Waals surface area contributed by atoms with Crippen molar-refractivity contribution >= 4 is 12.1 Å². The summed E-state index contributed by atoms with van der Waals surface area (Å²) in [6.45, 7) is 2.00. The number of primary amides is 1. The highest BCUT2D eigenvalue weighted by atomic mass is 16.1. The normalized spacial score (nSPS) is 12.5. The molecule has 0 aliphatic heterocycles. The first-order valence-corrected chi connectivity index (χ1v) is 6.11. The number of carbonyl (C=O) groups is 1. The zero-order valence-corrected chi connectivity index (χ0v) is 10.8. The molecule has 0 bridgehead atoms. The summed E-state index contributed by atoms with van der Waals surface area (Å²) in [5, 5.41) is 0. The number of carbonyl (C=O) groups excluding carboxylic acids is 1. The van der Waals surface area contributed by atoms with Crippen LogP contribution in [-0.4, -0.2) is 12.1 Å². The summed E-state index contributed by atoms with van der Waals surface area (Å²) in [6.07, 6.45) is 1.71. The van der Waals surface area contributed by atoms with Crippen LogP contribution in [0, 0.1) is 6.92 Å². The van der Waals surface area contributed by atoms with Crippen LogP contribution in [0.3, 0.4) is 0 Å². The molecule has 2 N–H and O–H groups in total. The Morgan fingerprint density at radius 1 is 1.11 bits per heavy atom. The van der Waals surface area contributed by atoms with Crippen LogP contribution in [0.5, 0.6) is 0 Å². The zero-order chi connectivity index (χ0) is 13.7. The van der Waals surface area contributed by atoms with Gasteiger partial charge in [-0.15, -0.1) is 0 Å². The molecule has 0 saturated heterocycles. The molecule has 19 heavy (non-hydrogen) atoms. The topological polar surface area (TPSA) is 55.4 Å². The summed E-state index contributed by atoms with van der Waals surface area (Å²) in [5.74, 6) is -0.448. The van der Waals surface area contributed by atoms with Gasteiger partial charge in [-0.1, -0.05) is 54.6 Å². The highest BCUT2D eigenvalue weighted by molar-refractivity contribution is 5.87. The van der Waals surface area contributed by atoms with Crippen LogP contribution in [0.15, 0.2) is 59.6 Å². The number of aryl methyl sites for hydroxylation is 1. The molecule has 0 heterocycles. The minimum Gasteiger partial charge on any atom is -0.368 e. The first-order valence-electron chi connectivity index (χ1n) is 6.11. The fourth-order valence-electron chi connectivity index (χ4n) is 1.85. The molecule has 1 atom stereocenters. The van der Waals surface area contributed by atoms with Gasteiger partial charge in [0.25, 0.3) is 0 Å². The second-order valence-electron chi connectivity index (χ2n) is 4.35. The maximum absolute atomic E-state index is 11.5. The number of hydrogen-bond donors (Lipinski definition) is 1. The van der Waals surface area contributed by atoms with Gasteiger partial charge in [0.15, 0.2) is 6.04 Å². The van der Waals surface area contributed by atoms with E-state index in [-0.39, 0.29) is 0 Å². The molecule has 0 fully saturated rings. The largest absolute Gasteiger partial charge is 0.368 e. The van der Waals surface area contributed by atoms with Crippen molar-refractivity contribution in [1.29, 1.82) is 0 Å². The van der Waals surface area contributed by atoms with Crippen LogP contribution < -0.4 is 5.73 Å². The lowest BCUT2D eigenvalue weighted by Gasteiger charge is -2.08. The second-order valence-corrected chi connectivity index (χ2v) is 4.35. The number of rotatable bonds is 4. The lowest BCUT2D eigenvalue weighted by atomic mass is 10.1. The first-order chi connectivity index (χ1) is 9.18. The lowest BCUT2D eigenvalue weighted by Crippen LogP contribution is -2.20. The van der Waals surface area contributed by atoms with Crippen molar-refractivity contribution in [2.24, 2.45) is 10.7 Å². The van der Waals surface area contributed by atoms with Crippen molar-refractivity contribution in [3.8, 4) is 0 Å². The number of amides is 1. The van der Waals surface area contributed by atoms with Gasteiger partial charge in [0.1, 0.15) is 0 Å². The summed E-state index contributed by atoms with van der Waals surface area (Å²) >= 11 is 0. The van der Waals surface area contributed by atoms with Crippen molar-refractivity contribution in [2.45, 2.75) is 13.0 Å². The number of benzene rings is 2. The van der Waals surface area contributed by atoms with Gasteiger partial charge in [-0.25, -0.2) is 0 Å². The van der Waals surface area contributed by atoms with Crippen LogP contribution in [0.25, 0.3) is 0 Å². The summed E-state index contributed by atoms with van der Waals surface area (Å²) in [5.41, 5.74) is 8.33. The Labute approximate surface area is 112 Å². The third-order valence-corrected chi connectivity index (χ3v) is 2.94. The SMILES string of the molecule is Cc1ccccc1/C=N\C(C(N)=O)c1ccccc1. The van der Waals surface area contributed by atoms with E-state index in [0.717, 1.165) is 16.7 Å². The van der Waals surface area contributed by atoms with E-state index >= 15 is 0 Å². The van der Waals surface area contributed by atoms with E-state index in [9.17, 15) is 4.79 Å². The quantitative estimate of drug-likeness (QED) is 0.835. The van der Waals surface area contributed by atoms with Gasteiger partial charge < -0.3 is 5.73 Å². The Kier molecular flexibility index (Phi) is 4.08. The van der Waals surface area contributed by atoms with Gasteiger partial charge in [-0.3, -0.25) is 9.79 Å². The number of nitrogens with zero attached hydrogens (tertiary/aromatic N) is 1. The van der Waals surface area contributed by atoms with E-state index in [1.807, 2.05) is 61.5 Å². The fourth-order valence-corrected chi connectivity index (χ4v) is 1.85. The molecule has 1 amide bonds. The highest BCUT2D eigenvalue weighted by Gasteiger charge is 2.15. The Hall–Kier alpha value is -2.42. The molecule has 2 aromatic rings. The zero-order valence-electron chi connectivity index (χ0n) is 10.8. The average Bonchev–Trinajstić information content (AvgIpc) is 2.42. The Bertz CT molecular complexity index is 591. The van der Waals surface area contributed by atoms with Crippen molar-refractivity contribution < 1.29 is 4.79 Å². The maximum atomic E-state index is 11.5. The standard InChI is InChI=1S/C16H16N2O/c1-12-7-5-6-10-14(12)11-18-15(16(17)19)13-8-3-2-4-9-13/h2-11,15H,1H3,(H2,17,19)/b18-11-. The molecule has 0 spiro atoms. The van der Waals surface area contributed by atoms with Crippen LogP contribution in [-0.2, 0) is 4.79 Å². The molecule has 0 radical (unpaired) electrons. The van der Waals surface area contributed by atoms with Crippen molar-refractivity contribution in [1.82, 2.24) is 0 Å². The first kappa shape index (κ1) is 13.0. The number of aliphatic imine (C=N–C) groups is 1. The van der Waals surface area contributed by atoms with Gasteiger partial charge in [0.2, 0.25) is 5.91 Å². The van der Waals surface area contributed by atoms with Gasteiger partial charge in [0, 0.05) is 6.21 Å². The minimum absolute atomic E-state index is 0.448. The average molecular weight is 252 g/mol. The van der Waals surface area contributed by atoms with Crippen LogP contribution in [0.1, 0.15) is 22.7 Å². The third-order valence-electron chi connectivity index (χ3n) is 2.94. The van der Waals surface area contributed by atoms with Crippen LogP contribution in [0.4, 0.5) is 0 Å². The fraction of sp³-hybridized carbons (Fsp3) is 0.125. The molecular weight excluding hydrogens is 236 g/mol. The Balaban J connectivity index is 2.28. The van der Waals surface area contributed by atoms with Gasteiger partial charge in [-0.05, 0) is 23.6 Å². The summed E-state index contributed by atoms with van der Waals surface area (Å²) in [4.78, 5) is 15.8. The molecule has 0 aliphatic carbocycles. The predicted octanol–water partition coefficient (Wildman–Crippen LogP) is 2.64. The molecule has 0 aromatic heterocycles. The van der Waals surface area contributed by atoms with Crippen molar-refractivity contribution in [3.05, 3.63) is 71.3 Å². The lowest BCUT2D eigenvalue weighted by molar-refractivity contribution is -0.119. The Morgan fingerprint density at radius 3 is 2.37 bits per heavy atom. The van der Waals surface area contributed by atoms with Gasteiger partial charge in [0.05, 0.1) is 0 Å². The van der Waals surface area contributed by atoms with Crippen LogP contribution >= 0.6 is 0 Å². The van der Waals surface area contributed by atoms with Gasteiger partial charge >= 0.3 is 0 Å². The highest BCUT2D eigenvalue weighted by Crippen LogP contribution is 2.17. The van der Waals surface area contributed by atoms with E-state index in [0.29, 0.717) is 0 Å². The molecule has 3 nitrogen and oxygen atoms in total. The van der Waals surface area contributed by atoms with E-state index in [1.165, 1.54) is 0 Å². The minimum atomic E-state index is -0.638. The summed E-state index contributed by atoms with van der Waals surface area (Å²) < 4.78 is 0. The number of hydrogen-bond acceptors (Lipinski definition) is 2. The van der Waals surface area contributed by atoms with E-state index in [2.05, 4.69) is 4.99 Å². The molecule has 0 aliphatic rings. The molecule has 96 valence electrons. The maximum Gasteiger partial charge on any atom is 0.246 e. The molecular formula is C16H16N2O. The monoisotopic (exact) mass is 252 g/mol. The second kappa shape index (κ2) is 5.96. The third kappa shape index (κ3) is 3.28. The summed E-state index contributed by atoms with van der Waals surface area (Å²) in [7, 11) is 0. The predicted molar refractivity (Wildman–Crippen MR) is 77.2 cm³/mol. The molecule has 0 saturated carbocycles. The van der Waals surface area contributed by atoms with E-state index in [4.69, 9.17) is 5.73 Å². The molecule has 3 heteroatoms. The van der Waals surface area contributed by atoms with E-state index in [1.54, 1.807) is 6.21 Å².